The maximum atomic E-state index is 12.8. The van der Waals surface area contributed by atoms with Crippen molar-refractivity contribution in [3.8, 4) is 0 Å². The highest BCUT2D eigenvalue weighted by atomic mass is 19.4. The Balaban J connectivity index is 1.73. The van der Waals surface area contributed by atoms with Crippen LogP contribution < -0.4 is 10.2 Å². The molecule has 1 aliphatic heterocycles. The predicted molar refractivity (Wildman–Crippen MR) is 93.3 cm³/mol. The molecule has 0 saturated carbocycles. The van der Waals surface area contributed by atoms with Gasteiger partial charge in [-0.25, -0.2) is 0 Å². The Morgan fingerprint density at radius 3 is 2.54 bits per heavy atom. The summed E-state index contributed by atoms with van der Waals surface area (Å²) in [5, 5.41) is 2.50. The van der Waals surface area contributed by atoms with Crippen LogP contribution in [0, 0.1) is 0 Å². The Bertz CT molecular complexity index is 786. The second kappa shape index (κ2) is 7.33. The second-order valence-electron chi connectivity index (χ2n) is 6.25. The minimum absolute atomic E-state index is 0.0924. The molecule has 138 valence electrons. The van der Waals surface area contributed by atoms with Crippen LogP contribution in [0.2, 0.25) is 0 Å². The van der Waals surface area contributed by atoms with Gasteiger partial charge in [0.1, 0.15) is 0 Å². The Morgan fingerprint density at radius 1 is 1.12 bits per heavy atom. The molecule has 2 aromatic rings. The van der Waals surface area contributed by atoms with Crippen LogP contribution in [-0.4, -0.2) is 49.0 Å². The number of carbonyl (C=O) groups excluding carboxylic acids is 1. The number of hydrogen-bond acceptors (Lipinski definition) is 4. The van der Waals surface area contributed by atoms with Gasteiger partial charge in [-0.05, 0) is 31.3 Å². The molecule has 3 rings (SSSR count). The molecule has 0 radical (unpaired) electrons. The molecule has 0 unspecified atom stereocenters. The van der Waals surface area contributed by atoms with Crippen molar-refractivity contribution >= 4 is 17.3 Å². The monoisotopic (exact) mass is 364 g/mol. The van der Waals surface area contributed by atoms with Gasteiger partial charge in [0.25, 0.3) is 5.91 Å². The van der Waals surface area contributed by atoms with Crippen molar-refractivity contribution in [1.82, 2.24) is 9.88 Å². The van der Waals surface area contributed by atoms with Gasteiger partial charge in [-0.2, -0.15) is 13.2 Å². The van der Waals surface area contributed by atoms with E-state index in [-0.39, 0.29) is 5.69 Å². The molecule has 1 fully saturated rings. The number of nitrogens with one attached hydrogen (secondary N) is 1. The average Bonchev–Trinajstić information content (AvgIpc) is 2.62. The van der Waals surface area contributed by atoms with E-state index >= 15 is 0 Å². The Morgan fingerprint density at radius 2 is 1.85 bits per heavy atom. The number of pyridine rings is 1. The third-order valence-corrected chi connectivity index (χ3v) is 4.30. The molecule has 0 spiro atoms. The maximum Gasteiger partial charge on any atom is 0.416 e. The lowest BCUT2D eigenvalue weighted by Gasteiger charge is -2.33. The van der Waals surface area contributed by atoms with Crippen LogP contribution in [-0.2, 0) is 6.18 Å². The molecule has 0 aliphatic carbocycles. The van der Waals surface area contributed by atoms with Crippen LogP contribution in [0.25, 0.3) is 0 Å². The van der Waals surface area contributed by atoms with Gasteiger partial charge in [0.05, 0.1) is 23.0 Å². The summed E-state index contributed by atoms with van der Waals surface area (Å²) in [7, 11) is 2.05. The first kappa shape index (κ1) is 18.2. The topological polar surface area (TPSA) is 48.5 Å². The van der Waals surface area contributed by atoms with Crippen molar-refractivity contribution in [2.75, 3.05) is 43.4 Å². The summed E-state index contributed by atoms with van der Waals surface area (Å²) >= 11 is 0. The average molecular weight is 364 g/mol. The smallest absolute Gasteiger partial charge is 0.368 e. The van der Waals surface area contributed by atoms with Crippen molar-refractivity contribution < 1.29 is 18.0 Å². The molecule has 1 aliphatic rings. The van der Waals surface area contributed by atoms with Crippen LogP contribution in [0.3, 0.4) is 0 Å². The van der Waals surface area contributed by atoms with E-state index in [4.69, 9.17) is 0 Å². The SMILES string of the molecule is CN1CCN(c2cncc(C(=O)Nc3cccc(C(F)(F)F)c3)c2)CC1. The number of rotatable bonds is 3. The summed E-state index contributed by atoms with van der Waals surface area (Å²) in [6, 6.07) is 6.27. The summed E-state index contributed by atoms with van der Waals surface area (Å²) in [6.07, 6.45) is -1.36. The molecule has 1 amide bonds. The molecule has 1 N–H and O–H groups in total. The minimum Gasteiger partial charge on any atom is -0.368 e. The summed E-state index contributed by atoms with van der Waals surface area (Å²) in [4.78, 5) is 20.9. The van der Waals surface area contributed by atoms with E-state index in [1.54, 1.807) is 12.3 Å². The second-order valence-corrected chi connectivity index (χ2v) is 6.25. The van der Waals surface area contributed by atoms with Gasteiger partial charge in [-0.15, -0.1) is 0 Å². The molecule has 1 saturated heterocycles. The van der Waals surface area contributed by atoms with Gasteiger partial charge in [-0.1, -0.05) is 6.07 Å². The van der Waals surface area contributed by atoms with Crippen LogP contribution >= 0.6 is 0 Å². The predicted octanol–water partition coefficient (Wildman–Crippen LogP) is 3.10. The lowest BCUT2D eigenvalue weighted by Crippen LogP contribution is -2.44. The zero-order valence-corrected chi connectivity index (χ0v) is 14.3. The van der Waals surface area contributed by atoms with Crippen molar-refractivity contribution in [2.24, 2.45) is 0 Å². The zero-order chi connectivity index (χ0) is 18.7. The number of nitrogens with zero attached hydrogens (tertiary/aromatic N) is 3. The first-order valence-corrected chi connectivity index (χ1v) is 8.20. The van der Waals surface area contributed by atoms with Crippen LogP contribution in [0.4, 0.5) is 24.5 Å². The summed E-state index contributed by atoms with van der Waals surface area (Å²) < 4.78 is 38.3. The van der Waals surface area contributed by atoms with Crippen molar-refractivity contribution in [3.05, 3.63) is 53.9 Å². The molecule has 5 nitrogen and oxygen atoms in total. The van der Waals surface area contributed by atoms with Gasteiger partial charge in [0.15, 0.2) is 0 Å². The Kier molecular flexibility index (Phi) is 5.13. The number of benzene rings is 1. The van der Waals surface area contributed by atoms with Gasteiger partial charge >= 0.3 is 6.18 Å². The standard InChI is InChI=1S/C18H19F3N4O/c1-24-5-7-25(8-6-24)16-9-13(11-22-12-16)17(26)23-15-4-2-3-14(10-15)18(19,20)21/h2-4,9-12H,5-8H2,1H3,(H,23,26). The van der Waals surface area contributed by atoms with Crippen molar-refractivity contribution in [3.63, 3.8) is 0 Å². The largest absolute Gasteiger partial charge is 0.416 e. The van der Waals surface area contributed by atoms with E-state index in [0.717, 1.165) is 44.0 Å². The molecule has 26 heavy (non-hydrogen) atoms. The first-order valence-electron chi connectivity index (χ1n) is 8.20. The molecule has 1 aromatic heterocycles. The van der Waals surface area contributed by atoms with Gasteiger partial charge in [0, 0.05) is 38.1 Å². The fourth-order valence-corrected chi connectivity index (χ4v) is 2.77. The maximum absolute atomic E-state index is 12.8. The van der Waals surface area contributed by atoms with E-state index in [0.29, 0.717) is 5.56 Å². The van der Waals surface area contributed by atoms with Crippen LogP contribution in [0.1, 0.15) is 15.9 Å². The third-order valence-electron chi connectivity index (χ3n) is 4.30. The Hall–Kier alpha value is -2.61. The van der Waals surface area contributed by atoms with Gasteiger partial charge in [0.2, 0.25) is 0 Å². The van der Waals surface area contributed by atoms with Crippen LogP contribution in [0.5, 0.6) is 0 Å². The highest BCUT2D eigenvalue weighted by Gasteiger charge is 2.30. The Labute approximate surface area is 149 Å². The highest BCUT2D eigenvalue weighted by Crippen LogP contribution is 2.30. The number of halogens is 3. The van der Waals surface area contributed by atoms with Gasteiger partial charge in [-0.3, -0.25) is 9.78 Å². The van der Waals surface area contributed by atoms with Gasteiger partial charge < -0.3 is 15.1 Å². The molecular weight excluding hydrogens is 345 g/mol. The fourth-order valence-electron chi connectivity index (χ4n) is 2.77. The highest BCUT2D eigenvalue weighted by molar-refractivity contribution is 6.04. The first-order chi connectivity index (χ1) is 12.3. The van der Waals surface area contributed by atoms with Crippen LogP contribution in [0.15, 0.2) is 42.7 Å². The number of alkyl halides is 3. The number of hydrogen-bond donors (Lipinski definition) is 1. The lowest BCUT2D eigenvalue weighted by atomic mass is 10.1. The molecular formula is C18H19F3N4O. The van der Waals surface area contributed by atoms with E-state index in [1.165, 1.54) is 18.3 Å². The number of carbonyl (C=O) groups is 1. The van der Waals surface area contributed by atoms with E-state index in [9.17, 15) is 18.0 Å². The lowest BCUT2D eigenvalue weighted by molar-refractivity contribution is -0.137. The number of anilines is 2. The quantitative estimate of drug-likeness (QED) is 0.909. The molecule has 0 atom stereocenters. The number of piperazine rings is 1. The third kappa shape index (κ3) is 4.32. The fraction of sp³-hybridized carbons (Fsp3) is 0.333. The van der Waals surface area contributed by atoms with E-state index in [2.05, 4.69) is 27.1 Å². The molecule has 8 heteroatoms. The number of amides is 1. The van der Waals surface area contributed by atoms with Crippen molar-refractivity contribution in [1.29, 1.82) is 0 Å². The van der Waals surface area contributed by atoms with Crippen molar-refractivity contribution in [2.45, 2.75) is 6.18 Å². The number of likely N-dealkylation sites (N-methyl/N-ethyl adjacent to an activating group) is 1. The van der Waals surface area contributed by atoms with E-state index in [1.807, 2.05) is 0 Å². The number of aromatic nitrogens is 1. The zero-order valence-electron chi connectivity index (χ0n) is 14.3. The molecule has 0 bridgehead atoms. The summed E-state index contributed by atoms with van der Waals surface area (Å²) in [5.74, 6) is -0.493. The molecule has 1 aromatic carbocycles. The minimum atomic E-state index is -4.45. The van der Waals surface area contributed by atoms with E-state index < -0.39 is 17.6 Å². The molecule has 2 heterocycles. The summed E-state index contributed by atoms with van der Waals surface area (Å²) in [5.41, 5.74) is 0.420. The summed E-state index contributed by atoms with van der Waals surface area (Å²) in [6.45, 7) is 3.50. The normalized spacial score (nSPS) is 15.8.